The molecule has 0 fully saturated rings. The highest BCUT2D eigenvalue weighted by Crippen LogP contribution is 2.26. The van der Waals surface area contributed by atoms with Crippen LogP contribution >= 0.6 is 34.5 Å². The van der Waals surface area contributed by atoms with Gasteiger partial charge in [0.15, 0.2) is 5.78 Å². The van der Waals surface area contributed by atoms with E-state index in [1.165, 1.54) is 18.4 Å². The number of amides is 1. The van der Waals surface area contributed by atoms with Gasteiger partial charge in [0, 0.05) is 17.9 Å². The van der Waals surface area contributed by atoms with E-state index in [0.717, 1.165) is 0 Å². The highest BCUT2D eigenvalue weighted by atomic mass is 35.5. The molecule has 1 N–H and O–H groups in total. The quantitative estimate of drug-likeness (QED) is 0.512. The summed E-state index contributed by atoms with van der Waals surface area (Å²) in [5.41, 5.74) is 0.615. The average Bonchev–Trinajstić information content (AvgIpc) is 3.06. The molecule has 0 aliphatic carbocycles. The molecule has 0 saturated carbocycles. The van der Waals surface area contributed by atoms with Crippen molar-refractivity contribution in [2.24, 2.45) is 0 Å². The third-order valence-electron chi connectivity index (χ3n) is 3.64. The van der Waals surface area contributed by atoms with Gasteiger partial charge in [0.1, 0.15) is 0 Å². The Morgan fingerprint density at radius 2 is 1.85 bits per heavy atom. The monoisotopic (exact) mass is 413 g/mol. The van der Waals surface area contributed by atoms with Gasteiger partial charge in [-0.15, -0.1) is 11.3 Å². The minimum absolute atomic E-state index is 0.00349. The van der Waals surface area contributed by atoms with Gasteiger partial charge in [0.05, 0.1) is 28.8 Å². The number of hydrogen-bond acceptors (Lipinski definition) is 5. The summed E-state index contributed by atoms with van der Waals surface area (Å²) in [6.45, 7) is 0. The number of halogens is 2. The Hall–Kier alpha value is -1.89. The lowest BCUT2D eigenvalue weighted by Crippen LogP contribution is -2.30. The standard InChI is InChI=1S/C18H17Cl2NO4S/c1-25-18(24)10-13(11-4-2-3-5-12(11)19)21-17(23)9-6-14(22)15-7-8-16(20)26-15/h2-5,7-8,13H,6,9-10H2,1H3,(H,21,23). The van der Waals surface area contributed by atoms with Crippen molar-refractivity contribution < 1.29 is 19.1 Å². The number of carbonyl (C=O) groups excluding carboxylic acids is 3. The Balaban J connectivity index is 2.00. The van der Waals surface area contributed by atoms with Gasteiger partial charge in [0.2, 0.25) is 5.91 Å². The van der Waals surface area contributed by atoms with Crippen LogP contribution in [0.25, 0.3) is 0 Å². The zero-order valence-corrected chi connectivity index (χ0v) is 16.3. The lowest BCUT2D eigenvalue weighted by Gasteiger charge is -2.19. The van der Waals surface area contributed by atoms with E-state index in [1.807, 2.05) is 0 Å². The summed E-state index contributed by atoms with van der Waals surface area (Å²) < 4.78 is 5.21. The van der Waals surface area contributed by atoms with Gasteiger partial charge in [-0.3, -0.25) is 14.4 Å². The van der Waals surface area contributed by atoms with Crippen LogP contribution in [0.2, 0.25) is 9.36 Å². The maximum Gasteiger partial charge on any atom is 0.307 e. The van der Waals surface area contributed by atoms with E-state index in [4.69, 9.17) is 23.2 Å². The summed E-state index contributed by atoms with van der Waals surface area (Å²) in [5.74, 6) is -0.978. The van der Waals surface area contributed by atoms with Crippen LogP contribution in [0.15, 0.2) is 36.4 Å². The minimum Gasteiger partial charge on any atom is -0.469 e. The fourth-order valence-electron chi connectivity index (χ4n) is 2.33. The first-order chi connectivity index (χ1) is 12.4. The number of ketones is 1. The number of hydrogen-bond donors (Lipinski definition) is 1. The van der Waals surface area contributed by atoms with E-state index in [1.54, 1.807) is 36.4 Å². The molecule has 138 valence electrons. The van der Waals surface area contributed by atoms with E-state index in [0.29, 0.717) is 19.8 Å². The first-order valence-corrected chi connectivity index (χ1v) is 9.37. The van der Waals surface area contributed by atoms with Crippen molar-refractivity contribution in [2.45, 2.75) is 25.3 Å². The number of benzene rings is 1. The third-order valence-corrected chi connectivity index (χ3v) is 5.26. The second-order valence-corrected chi connectivity index (χ2v) is 7.57. The molecule has 1 heterocycles. The third kappa shape index (κ3) is 5.83. The molecule has 0 radical (unpaired) electrons. The van der Waals surface area contributed by atoms with Gasteiger partial charge >= 0.3 is 5.97 Å². The Kier molecular flexibility index (Phi) is 7.63. The van der Waals surface area contributed by atoms with Crippen LogP contribution in [0.1, 0.15) is 40.5 Å². The number of carbonyl (C=O) groups is 3. The summed E-state index contributed by atoms with van der Waals surface area (Å²) in [7, 11) is 1.28. The van der Waals surface area contributed by atoms with Gasteiger partial charge in [-0.1, -0.05) is 41.4 Å². The summed E-state index contributed by atoms with van der Waals surface area (Å²) >= 11 is 13.2. The number of methoxy groups -OCH3 is 1. The lowest BCUT2D eigenvalue weighted by molar-refractivity contribution is -0.141. The maximum absolute atomic E-state index is 12.3. The number of Topliss-reactive ketones (excluding diaryl/α,β-unsaturated/α-hetero) is 1. The van der Waals surface area contributed by atoms with Gasteiger partial charge in [-0.2, -0.15) is 0 Å². The molecule has 2 rings (SSSR count). The van der Waals surface area contributed by atoms with Crippen molar-refractivity contribution in [1.29, 1.82) is 0 Å². The molecule has 0 aliphatic heterocycles. The molecule has 0 aliphatic rings. The fourth-order valence-corrected chi connectivity index (χ4v) is 3.61. The lowest BCUT2D eigenvalue weighted by atomic mass is 10.0. The molecule has 0 bridgehead atoms. The molecular weight excluding hydrogens is 397 g/mol. The highest BCUT2D eigenvalue weighted by Gasteiger charge is 2.21. The van der Waals surface area contributed by atoms with Crippen molar-refractivity contribution in [3.63, 3.8) is 0 Å². The van der Waals surface area contributed by atoms with E-state index in [9.17, 15) is 14.4 Å². The van der Waals surface area contributed by atoms with Crippen molar-refractivity contribution in [3.05, 3.63) is 56.2 Å². The van der Waals surface area contributed by atoms with Crippen LogP contribution in [0.3, 0.4) is 0 Å². The number of rotatable bonds is 8. The Labute approximate surface area is 165 Å². The maximum atomic E-state index is 12.3. The molecule has 0 saturated heterocycles. The largest absolute Gasteiger partial charge is 0.469 e. The van der Waals surface area contributed by atoms with Gasteiger partial charge in [-0.05, 0) is 23.8 Å². The second kappa shape index (κ2) is 9.71. The predicted molar refractivity (Wildman–Crippen MR) is 102 cm³/mol. The van der Waals surface area contributed by atoms with Crippen molar-refractivity contribution in [3.8, 4) is 0 Å². The zero-order valence-electron chi connectivity index (χ0n) is 14.0. The fraction of sp³-hybridized carbons (Fsp3) is 0.278. The number of nitrogens with one attached hydrogen (secondary N) is 1. The molecule has 26 heavy (non-hydrogen) atoms. The Morgan fingerprint density at radius 3 is 2.46 bits per heavy atom. The summed E-state index contributed by atoms with van der Waals surface area (Å²) in [5, 5.41) is 3.19. The van der Waals surface area contributed by atoms with Gasteiger partial charge in [-0.25, -0.2) is 0 Å². The predicted octanol–water partition coefficient (Wildman–Crippen LogP) is 4.44. The normalized spacial score (nSPS) is 11.7. The molecule has 1 aromatic carbocycles. The van der Waals surface area contributed by atoms with Crippen LogP contribution in [0.4, 0.5) is 0 Å². The molecule has 2 aromatic rings. The van der Waals surface area contributed by atoms with E-state index in [-0.39, 0.29) is 31.0 Å². The second-order valence-electron chi connectivity index (χ2n) is 5.45. The van der Waals surface area contributed by atoms with Crippen LogP contribution in [0.5, 0.6) is 0 Å². The van der Waals surface area contributed by atoms with E-state index >= 15 is 0 Å². The molecule has 8 heteroatoms. The first kappa shape index (κ1) is 20.4. The molecular formula is C18H17Cl2NO4S. The molecule has 1 aromatic heterocycles. The molecule has 1 unspecified atom stereocenters. The van der Waals surface area contributed by atoms with Crippen molar-refractivity contribution in [2.75, 3.05) is 7.11 Å². The summed E-state index contributed by atoms with van der Waals surface area (Å²) in [6, 6.07) is 9.58. The molecule has 1 atom stereocenters. The van der Waals surface area contributed by atoms with Crippen molar-refractivity contribution >= 4 is 52.2 Å². The number of ether oxygens (including phenoxy) is 1. The first-order valence-electron chi connectivity index (χ1n) is 7.80. The topological polar surface area (TPSA) is 72.5 Å². The van der Waals surface area contributed by atoms with Crippen LogP contribution in [0, 0.1) is 0 Å². The SMILES string of the molecule is COC(=O)CC(NC(=O)CCC(=O)c1ccc(Cl)s1)c1ccccc1Cl. The summed E-state index contributed by atoms with van der Waals surface area (Å²) in [6.07, 6.45) is -0.00687. The summed E-state index contributed by atoms with van der Waals surface area (Å²) in [4.78, 5) is 36.5. The van der Waals surface area contributed by atoms with Gasteiger partial charge < -0.3 is 10.1 Å². The molecule has 5 nitrogen and oxygen atoms in total. The zero-order chi connectivity index (χ0) is 19.1. The van der Waals surface area contributed by atoms with Gasteiger partial charge in [0.25, 0.3) is 0 Å². The van der Waals surface area contributed by atoms with Crippen LogP contribution < -0.4 is 5.32 Å². The Morgan fingerprint density at radius 1 is 1.12 bits per heavy atom. The van der Waals surface area contributed by atoms with Crippen LogP contribution in [-0.4, -0.2) is 24.8 Å². The van der Waals surface area contributed by atoms with E-state index in [2.05, 4.69) is 10.1 Å². The van der Waals surface area contributed by atoms with E-state index < -0.39 is 12.0 Å². The smallest absolute Gasteiger partial charge is 0.307 e. The number of esters is 1. The van der Waals surface area contributed by atoms with Crippen LogP contribution in [-0.2, 0) is 14.3 Å². The van der Waals surface area contributed by atoms with Crippen molar-refractivity contribution in [1.82, 2.24) is 5.32 Å². The highest BCUT2D eigenvalue weighted by molar-refractivity contribution is 7.18. The minimum atomic E-state index is -0.630. The average molecular weight is 414 g/mol. The Bertz CT molecular complexity index is 806. The molecule has 0 spiro atoms. The molecule has 1 amide bonds. The number of thiophene rings is 1.